The van der Waals surface area contributed by atoms with E-state index in [-0.39, 0.29) is 5.91 Å². The zero-order valence-electron chi connectivity index (χ0n) is 14.1. The highest BCUT2D eigenvalue weighted by molar-refractivity contribution is 7.14. The molecule has 2 aromatic heterocycles. The van der Waals surface area contributed by atoms with E-state index in [1.54, 1.807) is 30.8 Å². The number of ether oxygens (including phenoxy) is 2. The average Bonchev–Trinajstić information content (AvgIpc) is 3.17. The fourth-order valence-electron chi connectivity index (χ4n) is 2.47. The summed E-state index contributed by atoms with van der Waals surface area (Å²) in [6, 6.07) is 5.11. The molecule has 1 aliphatic carbocycles. The summed E-state index contributed by atoms with van der Waals surface area (Å²) in [5, 5.41) is 7.42. The molecule has 3 aromatic rings. The molecule has 0 atom stereocenters. The molecule has 1 fully saturated rings. The van der Waals surface area contributed by atoms with Gasteiger partial charge in [-0.25, -0.2) is 9.97 Å². The first-order valence-corrected chi connectivity index (χ1v) is 10.00. The Balaban J connectivity index is 1.44. The van der Waals surface area contributed by atoms with Crippen molar-refractivity contribution in [2.45, 2.75) is 25.4 Å². The third-order valence-corrected chi connectivity index (χ3v) is 5.43. The van der Waals surface area contributed by atoms with Crippen LogP contribution in [0, 0.1) is 0 Å². The van der Waals surface area contributed by atoms with E-state index in [2.05, 4.69) is 15.3 Å². The summed E-state index contributed by atoms with van der Waals surface area (Å²) in [4.78, 5) is 21.1. The molecule has 0 bridgehead atoms. The molecule has 0 spiro atoms. The van der Waals surface area contributed by atoms with E-state index in [4.69, 9.17) is 9.47 Å². The molecule has 0 saturated heterocycles. The molecule has 1 aliphatic rings. The highest BCUT2D eigenvalue weighted by Crippen LogP contribution is 2.41. The van der Waals surface area contributed by atoms with Gasteiger partial charge in [0.05, 0.1) is 24.0 Å². The van der Waals surface area contributed by atoms with Gasteiger partial charge >= 0.3 is 0 Å². The Morgan fingerprint density at radius 2 is 2.19 bits per heavy atom. The molecule has 1 N–H and O–H groups in total. The Bertz CT molecular complexity index is 904. The maximum absolute atomic E-state index is 12.5. The molecular formula is C18H17N3O3S2. The molecule has 1 amide bonds. The lowest BCUT2D eigenvalue weighted by Gasteiger charge is -2.11. The summed E-state index contributed by atoms with van der Waals surface area (Å²) in [7, 11) is 1.55. The SMILES string of the molecule is COc1cc(C(=O)Nc2nc(C3CC3)cs2)ccc1OCc1cscn1. The van der Waals surface area contributed by atoms with Gasteiger partial charge in [-0.1, -0.05) is 0 Å². The first-order valence-electron chi connectivity index (χ1n) is 8.17. The predicted octanol–water partition coefficient (Wildman–Crippen LogP) is 4.32. The van der Waals surface area contributed by atoms with Crippen molar-refractivity contribution in [1.82, 2.24) is 9.97 Å². The Morgan fingerprint density at radius 3 is 2.92 bits per heavy atom. The van der Waals surface area contributed by atoms with Gasteiger partial charge in [0.2, 0.25) is 0 Å². The second kappa shape index (κ2) is 7.43. The van der Waals surface area contributed by atoms with Gasteiger partial charge in [0.1, 0.15) is 6.61 Å². The van der Waals surface area contributed by atoms with Crippen molar-refractivity contribution >= 4 is 33.7 Å². The number of amides is 1. The van der Waals surface area contributed by atoms with Gasteiger partial charge in [-0.05, 0) is 31.0 Å². The minimum Gasteiger partial charge on any atom is -0.493 e. The maximum Gasteiger partial charge on any atom is 0.257 e. The van der Waals surface area contributed by atoms with Gasteiger partial charge in [0.25, 0.3) is 5.91 Å². The van der Waals surface area contributed by atoms with Crippen LogP contribution in [-0.2, 0) is 6.61 Å². The van der Waals surface area contributed by atoms with Crippen LogP contribution in [-0.4, -0.2) is 23.0 Å². The van der Waals surface area contributed by atoms with Gasteiger partial charge < -0.3 is 9.47 Å². The summed E-state index contributed by atoms with van der Waals surface area (Å²) >= 11 is 2.97. The second-order valence-electron chi connectivity index (χ2n) is 5.94. The smallest absolute Gasteiger partial charge is 0.257 e. The molecule has 2 heterocycles. The standard InChI is InChI=1S/C18H17N3O3S2/c1-23-16-6-12(4-5-15(16)24-7-13-8-25-10-19-13)17(22)21-18-20-14(9-26-18)11-2-3-11/h4-6,8-11H,2-3,7H2,1H3,(H,20,21,22). The largest absolute Gasteiger partial charge is 0.493 e. The summed E-state index contributed by atoms with van der Waals surface area (Å²) in [5.74, 6) is 1.44. The number of carbonyl (C=O) groups excluding carboxylic acids is 1. The fraction of sp³-hybridized carbons (Fsp3) is 0.278. The van der Waals surface area contributed by atoms with E-state index in [0.717, 1.165) is 11.4 Å². The van der Waals surface area contributed by atoms with Crippen molar-refractivity contribution in [2.75, 3.05) is 12.4 Å². The summed E-state index contributed by atoms with van der Waals surface area (Å²) < 4.78 is 11.1. The molecule has 26 heavy (non-hydrogen) atoms. The quantitative estimate of drug-likeness (QED) is 0.654. The van der Waals surface area contributed by atoms with E-state index < -0.39 is 0 Å². The van der Waals surface area contributed by atoms with Crippen LogP contribution in [0.1, 0.15) is 40.5 Å². The van der Waals surface area contributed by atoms with Crippen molar-refractivity contribution in [3.63, 3.8) is 0 Å². The zero-order valence-corrected chi connectivity index (χ0v) is 15.7. The van der Waals surface area contributed by atoms with Crippen molar-refractivity contribution in [3.05, 3.63) is 51.4 Å². The molecule has 1 aromatic carbocycles. The number of rotatable bonds is 7. The summed E-state index contributed by atoms with van der Waals surface area (Å²) in [6.45, 7) is 0.356. The van der Waals surface area contributed by atoms with E-state index in [9.17, 15) is 4.79 Å². The first kappa shape index (κ1) is 17.0. The third-order valence-electron chi connectivity index (χ3n) is 4.02. The second-order valence-corrected chi connectivity index (χ2v) is 7.52. The minimum atomic E-state index is -0.217. The number of hydrogen-bond acceptors (Lipinski definition) is 7. The lowest BCUT2D eigenvalue weighted by molar-refractivity contribution is 0.102. The molecule has 6 nitrogen and oxygen atoms in total. The van der Waals surface area contributed by atoms with Crippen LogP contribution in [0.2, 0.25) is 0 Å². The molecule has 0 radical (unpaired) electrons. The van der Waals surface area contributed by atoms with Gasteiger partial charge in [-0.15, -0.1) is 22.7 Å². The van der Waals surface area contributed by atoms with E-state index in [1.807, 2.05) is 10.8 Å². The zero-order chi connectivity index (χ0) is 17.9. The topological polar surface area (TPSA) is 73.3 Å². The third kappa shape index (κ3) is 3.86. The van der Waals surface area contributed by atoms with Gasteiger partial charge in [-0.2, -0.15) is 0 Å². The molecule has 0 unspecified atom stereocenters. The molecule has 4 rings (SSSR count). The van der Waals surface area contributed by atoms with Gasteiger partial charge in [-0.3, -0.25) is 10.1 Å². The van der Waals surface area contributed by atoms with Crippen LogP contribution in [0.15, 0.2) is 34.5 Å². The van der Waals surface area contributed by atoms with Crippen LogP contribution in [0.3, 0.4) is 0 Å². The summed E-state index contributed by atoms with van der Waals surface area (Å²) in [6.07, 6.45) is 2.38. The number of methoxy groups -OCH3 is 1. The van der Waals surface area contributed by atoms with Crippen molar-refractivity contribution < 1.29 is 14.3 Å². The van der Waals surface area contributed by atoms with Crippen molar-refractivity contribution in [2.24, 2.45) is 0 Å². The number of nitrogens with zero attached hydrogens (tertiary/aromatic N) is 2. The van der Waals surface area contributed by atoms with Gasteiger partial charge in [0, 0.05) is 22.2 Å². The molecular weight excluding hydrogens is 370 g/mol. The first-order chi connectivity index (χ1) is 12.7. The summed E-state index contributed by atoms with van der Waals surface area (Å²) in [5.41, 5.74) is 4.19. The van der Waals surface area contributed by atoms with Gasteiger partial charge in [0.15, 0.2) is 16.6 Å². The average molecular weight is 387 g/mol. The number of nitrogens with one attached hydrogen (secondary N) is 1. The predicted molar refractivity (Wildman–Crippen MR) is 101 cm³/mol. The highest BCUT2D eigenvalue weighted by Gasteiger charge is 2.26. The lowest BCUT2D eigenvalue weighted by atomic mass is 10.2. The van der Waals surface area contributed by atoms with Crippen LogP contribution >= 0.6 is 22.7 Å². The van der Waals surface area contributed by atoms with Crippen LogP contribution in [0.25, 0.3) is 0 Å². The van der Waals surface area contributed by atoms with Crippen molar-refractivity contribution in [3.8, 4) is 11.5 Å². The van der Waals surface area contributed by atoms with Crippen LogP contribution < -0.4 is 14.8 Å². The van der Waals surface area contributed by atoms with Crippen LogP contribution in [0.5, 0.6) is 11.5 Å². The highest BCUT2D eigenvalue weighted by atomic mass is 32.1. The van der Waals surface area contributed by atoms with E-state index >= 15 is 0 Å². The Kier molecular flexibility index (Phi) is 4.85. The number of hydrogen-bond donors (Lipinski definition) is 1. The van der Waals surface area contributed by atoms with E-state index in [1.165, 1.54) is 35.5 Å². The molecule has 8 heteroatoms. The lowest BCUT2D eigenvalue weighted by Crippen LogP contribution is -2.12. The molecule has 134 valence electrons. The number of anilines is 1. The Morgan fingerprint density at radius 1 is 1.31 bits per heavy atom. The normalized spacial score (nSPS) is 13.4. The molecule has 1 saturated carbocycles. The number of thiazole rings is 2. The number of carbonyl (C=O) groups is 1. The Labute approximate surface area is 158 Å². The number of aromatic nitrogens is 2. The monoisotopic (exact) mass is 387 g/mol. The number of benzene rings is 1. The maximum atomic E-state index is 12.5. The fourth-order valence-corrected chi connectivity index (χ4v) is 3.80. The molecule has 0 aliphatic heterocycles. The van der Waals surface area contributed by atoms with E-state index in [0.29, 0.717) is 34.7 Å². The van der Waals surface area contributed by atoms with Crippen LogP contribution in [0.4, 0.5) is 5.13 Å². The van der Waals surface area contributed by atoms with Crippen molar-refractivity contribution in [1.29, 1.82) is 0 Å². The Hall–Kier alpha value is -2.45. The minimum absolute atomic E-state index is 0.217.